The van der Waals surface area contributed by atoms with Gasteiger partial charge in [0.05, 0.1) is 11.5 Å². The van der Waals surface area contributed by atoms with Crippen LogP contribution in [0.5, 0.6) is 0 Å². The predicted octanol–water partition coefficient (Wildman–Crippen LogP) is 2.21. The van der Waals surface area contributed by atoms with Crippen LogP contribution in [0, 0.1) is 11.8 Å². The third kappa shape index (κ3) is 3.88. The van der Waals surface area contributed by atoms with Crippen LogP contribution in [0.25, 0.3) is 0 Å². The van der Waals surface area contributed by atoms with Crippen molar-refractivity contribution in [3.63, 3.8) is 0 Å². The molecule has 0 aromatic heterocycles. The number of nitrogens with zero attached hydrogens (tertiary/aromatic N) is 2. The minimum Gasteiger partial charge on any atom is -0.461 e. The van der Waals surface area contributed by atoms with Crippen LogP contribution in [0.15, 0.2) is 25.3 Å². The number of carbonyl (C=O) groups is 3. The summed E-state index contributed by atoms with van der Waals surface area (Å²) in [6.45, 7) is 9.94. The van der Waals surface area contributed by atoms with Gasteiger partial charge < -0.3 is 24.4 Å². The van der Waals surface area contributed by atoms with Crippen LogP contribution in [0.4, 0.5) is 0 Å². The first-order chi connectivity index (χ1) is 16.3. The Balaban J connectivity index is 1.72. The Morgan fingerprint density at radius 2 is 1.97 bits per heavy atom. The largest absolute Gasteiger partial charge is 0.461 e. The molecule has 5 atom stereocenters. The second kappa shape index (κ2) is 9.82. The molecule has 1 spiro atoms. The van der Waals surface area contributed by atoms with Crippen molar-refractivity contribution in [3.05, 3.63) is 25.3 Å². The fourth-order valence-electron chi connectivity index (χ4n) is 6.88. The molecule has 0 radical (unpaired) electrons. The molecule has 2 amide bonds. The van der Waals surface area contributed by atoms with Gasteiger partial charge in [0.25, 0.3) is 0 Å². The topological polar surface area (TPSA) is 96.4 Å². The molecule has 3 heterocycles. The van der Waals surface area contributed by atoms with Gasteiger partial charge in [0.15, 0.2) is 0 Å². The third-order valence-corrected chi connectivity index (χ3v) is 8.29. The lowest BCUT2D eigenvalue weighted by molar-refractivity contribution is -0.160. The zero-order chi connectivity index (χ0) is 24.5. The SMILES string of the molecule is C=CCOC(=O)[C@@H]1[C@H]2C(=O)N(CCCO)C(C(=O)N(CC=C)C3CCCCC3)C23CC[C@@]1(C)O3. The van der Waals surface area contributed by atoms with Crippen LogP contribution in [-0.4, -0.2) is 82.3 Å². The second-order valence-electron chi connectivity index (χ2n) is 10.3. The first-order valence-electron chi connectivity index (χ1n) is 12.6. The molecule has 3 saturated heterocycles. The lowest BCUT2D eigenvalue weighted by atomic mass is 9.66. The van der Waals surface area contributed by atoms with Gasteiger partial charge >= 0.3 is 5.97 Å². The first-order valence-corrected chi connectivity index (χ1v) is 12.6. The first kappa shape index (κ1) is 24.9. The second-order valence-corrected chi connectivity index (χ2v) is 10.3. The van der Waals surface area contributed by atoms with Gasteiger partial charge in [-0.15, -0.1) is 6.58 Å². The zero-order valence-electron chi connectivity index (χ0n) is 20.2. The van der Waals surface area contributed by atoms with E-state index in [9.17, 15) is 19.5 Å². The van der Waals surface area contributed by atoms with Gasteiger partial charge in [0, 0.05) is 25.7 Å². The summed E-state index contributed by atoms with van der Waals surface area (Å²) in [5.74, 6) is -2.41. The van der Waals surface area contributed by atoms with E-state index >= 15 is 0 Å². The third-order valence-electron chi connectivity index (χ3n) is 8.29. The van der Waals surface area contributed by atoms with Crippen molar-refractivity contribution in [2.45, 2.75) is 81.6 Å². The monoisotopic (exact) mass is 474 g/mol. The normalized spacial score (nSPS) is 34.7. The predicted molar refractivity (Wildman–Crippen MR) is 126 cm³/mol. The van der Waals surface area contributed by atoms with Crippen LogP contribution in [0.2, 0.25) is 0 Å². The van der Waals surface area contributed by atoms with Crippen molar-refractivity contribution >= 4 is 17.8 Å². The summed E-state index contributed by atoms with van der Waals surface area (Å²) < 4.78 is 12.0. The van der Waals surface area contributed by atoms with E-state index in [4.69, 9.17) is 9.47 Å². The number of hydrogen-bond acceptors (Lipinski definition) is 6. The Bertz CT molecular complexity index is 839. The number of fused-ring (bicyclic) bond motifs is 1. The highest BCUT2D eigenvalue weighted by Crippen LogP contribution is 2.63. The Labute approximate surface area is 201 Å². The lowest BCUT2D eigenvalue weighted by Crippen LogP contribution is -2.58. The Hall–Kier alpha value is -2.19. The molecule has 8 nitrogen and oxygen atoms in total. The summed E-state index contributed by atoms with van der Waals surface area (Å²) in [6, 6.07) is -0.718. The minimum absolute atomic E-state index is 0.0602. The lowest BCUT2D eigenvalue weighted by Gasteiger charge is -2.40. The van der Waals surface area contributed by atoms with Gasteiger partial charge in [-0.3, -0.25) is 14.4 Å². The maximum absolute atomic E-state index is 14.2. The van der Waals surface area contributed by atoms with E-state index in [2.05, 4.69) is 13.2 Å². The smallest absolute Gasteiger partial charge is 0.313 e. The number of rotatable bonds is 10. The molecule has 0 aromatic carbocycles. The summed E-state index contributed by atoms with van der Waals surface area (Å²) in [4.78, 5) is 44.6. The maximum Gasteiger partial charge on any atom is 0.313 e. The molecule has 3 aliphatic heterocycles. The number of likely N-dealkylation sites (tertiary alicyclic amines) is 1. The van der Waals surface area contributed by atoms with E-state index < -0.39 is 35.0 Å². The summed E-state index contributed by atoms with van der Waals surface area (Å²) in [5.41, 5.74) is -1.92. The van der Waals surface area contributed by atoms with Gasteiger partial charge in [-0.2, -0.15) is 0 Å². The molecule has 0 aromatic rings. The average Bonchev–Trinajstić information content (AvgIpc) is 3.40. The van der Waals surface area contributed by atoms with Crippen LogP contribution < -0.4 is 0 Å². The number of aliphatic hydroxyl groups excluding tert-OH is 1. The van der Waals surface area contributed by atoms with Crippen LogP contribution in [0.3, 0.4) is 0 Å². The molecule has 4 rings (SSSR count). The molecule has 1 aliphatic carbocycles. The Morgan fingerprint density at radius 3 is 2.62 bits per heavy atom. The molecule has 2 unspecified atom stereocenters. The number of aliphatic hydroxyl groups is 1. The maximum atomic E-state index is 14.2. The molecule has 2 bridgehead atoms. The van der Waals surface area contributed by atoms with E-state index in [-0.39, 0.29) is 37.6 Å². The molecule has 4 aliphatic rings. The van der Waals surface area contributed by atoms with Crippen molar-refractivity contribution in [3.8, 4) is 0 Å². The van der Waals surface area contributed by atoms with Crippen molar-refractivity contribution in [1.29, 1.82) is 0 Å². The summed E-state index contributed by atoms with van der Waals surface area (Å²) >= 11 is 0. The summed E-state index contributed by atoms with van der Waals surface area (Å²) in [5, 5.41) is 9.48. The van der Waals surface area contributed by atoms with Gasteiger partial charge in [-0.25, -0.2) is 0 Å². The molecule has 8 heteroatoms. The highest BCUT2D eigenvalue weighted by molar-refractivity contribution is 5.98. The number of ether oxygens (including phenoxy) is 2. The van der Waals surface area contributed by atoms with E-state index in [1.807, 2.05) is 11.8 Å². The molecule has 34 heavy (non-hydrogen) atoms. The minimum atomic E-state index is -1.07. The fourth-order valence-corrected chi connectivity index (χ4v) is 6.88. The van der Waals surface area contributed by atoms with Gasteiger partial charge in [-0.05, 0) is 39.0 Å². The number of carbonyl (C=O) groups excluding carboxylic acids is 3. The zero-order valence-corrected chi connectivity index (χ0v) is 20.2. The average molecular weight is 475 g/mol. The number of hydrogen-bond donors (Lipinski definition) is 1. The summed E-state index contributed by atoms with van der Waals surface area (Å²) in [7, 11) is 0. The molecule has 4 fully saturated rings. The standard InChI is InChI=1S/C26H38N2O6/c1-4-14-27(18-10-7-6-8-11-18)23(31)21-26-13-12-25(3,34-26)20(24(32)33-17-5-2)19(26)22(30)28(21)15-9-16-29/h4-5,18-21,29H,1-2,6-17H2,3H3/t19-,20-,21?,25+,26?/m0/s1. The van der Waals surface area contributed by atoms with Crippen LogP contribution in [0.1, 0.15) is 58.3 Å². The van der Waals surface area contributed by atoms with E-state index in [1.54, 1.807) is 11.0 Å². The van der Waals surface area contributed by atoms with Crippen LogP contribution in [-0.2, 0) is 23.9 Å². The fraction of sp³-hybridized carbons (Fsp3) is 0.731. The quantitative estimate of drug-likeness (QED) is 0.385. The highest BCUT2D eigenvalue weighted by atomic mass is 16.6. The highest BCUT2D eigenvalue weighted by Gasteiger charge is 2.78. The molecular weight excluding hydrogens is 436 g/mol. The van der Waals surface area contributed by atoms with Gasteiger partial charge in [0.1, 0.15) is 24.2 Å². The Morgan fingerprint density at radius 1 is 1.24 bits per heavy atom. The number of esters is 1. The molecule has 1 saturated carbocycles. The molecular formula is C26H38N2O6. The van der Waals surface area contributed by atoms with Crippen molar-refractivity contribution < 1.29 is 29.0 Å². The Kier molecular flexibility index (Phi) is 7.20. The van der Waals surface area contributed by atoms with Gasteiger partial charge in [0.2, 0.25) is 11.8 Å². The molecule has 1 N–H and O–H groups in total. The van der Waals surface area contributed by atoms with Crippen LogP contribution >= 0.6 is 0 Å². The van der Waals surface area contributed by atoms with Gasteiger partial charge in [-0.1, -0.05) is 38.0 Å². The number of amides is 2. The van der Waals surface area contributed by atoms with Crippen molar-refractivity contribution in [2.24, 2.45) is 11.8 Å². The van der Waals surface area contributed by atoms with E-state index in [0.717, 1.165) is 25.7 Å². The van der Waals surface area contributed by atoms with E-state index in [1.165, 1.54) is 12.5 Å². The van der Waals surface area contributed by atoms with Crippen molar-refractivity contribution in [1.82, 2.24) is 9.80 Å². The summed E-state index contributed by atoms with van der Waals surface area (Å²) in [6.07, 6.45) is 9.87. The van der Waals surface area contributed by atoms with E-state index in [0.29, 0.717) is 25.8 Å². The van der Waals surface area contributed by atoms with Crippen molar-refractivity contribution in [2.75, 3.05) is 26.3 Å². The molecule has 188 valence electrons.